The number of rotatable bonds is 0. The van der Waals surface area contributed by atoms with Gasteiger partial charge in [-0.1, -0.05) is 0 Å². The first-order chi connectivity index (χ1) is 6.41. The zero-order chi connectivity index (χ0) is 12.3. The predicted molar refractivity (Wildman–Crippen MR) is 79.7 cm³/mol. The van der Waals surface area contributed by atoms with Gasteiger partial charge in [0.25, 0.3) is 0 Å². The summed E-state index contributed by atoms with van der Waals surface area (Å²) >= 11 is -2.31. The summed E-state index contributed by atoms with van der Waals surface area (Å²) in [7, 11) is -2.41. The first-order valence-corrected chi connectivity index (χ1v) is 21.1. The van der Waals surface area contributed by atoms with Gasteiger partial charge in [0.1, 0.15) is 0 Å². The molecule has 0 amide bonds. The molecule has 0 N–H and O–H groups in total. The van der Waals surface area contributed by atoms with Crippen molar-refractivity contribution in [2.24, 2.45) is 0 Å². The molecule has 0 spiro atoms. The Hall–Kier alpha value is 0.352. The van der Waals surface area contributed by atoms with Crippen LogP contribution >= 0.6 is 0 Å². The second-order valence-electron chi connectivity index (χ2n) is 6.62. The van der Waals surface area contributed by atoms with Gasteiger partial charge in [0.05, 0.1) is 0 Å². The minimum atomic E-state index is -2.31. The Morgan fingerprint density at radius 2 is 0.933 bits per heavy atom. The van der Waals surface area contributed by atoms with Crippen LogP contribution in [0.1, 0.15) is 0 Å². The van der Waals surface area contributed by atoms with Crippen molar-refractivity contribution < 1.29 is 0 Å². The molecule has 0 fully saturated rings. The van der Waals surface area contributed by atoms with E-state index < -0.39 is 34.5 Å². The molecule has 84 valence electrons. The summed E-state index contributed by atoms with van der Waals surface area (Å²) in [5, 5.41) is 0. The van der Waals surface area contributed by atoms with Gasteiger partial charge in [-0.2, -0.15) is 0 Å². The molecule has 0 aromatic heterocycles. The van der Waals surface area contributed by atoms with Gasteiger partial charge in [-0.05, 0) is 0 Å². The average Bonchev–Trinajstić information content (AvgIpc) is 1.96. The molecular weight excluding hydrogens is 319 g/mol. The summed E-state index contributed by atoms with van der Waals surface area (Å²) in [5.74, 6) is 0. The van der Waals surface area contributed by atoms with Crippen LogP contribution in [-0.4, -0.2) is 34.5 Å². The zero-order valence-electron chi connectivity index (χ0n) is 11.5. The van der Waals surface area contributed by atoms with E-state index in [1.807, 2.05) is 0 Å². The van der Waals surface area contributed by atoms with E-state index in [9.17, 15) is 0 Å². The monoisotopic (exact) mass is 344 g/mol. The van der Waals surface area contributed by atoms with Crippen LogP contribution in [0.3, 0.4) is 0 Å². The third-order valence-electron chi connectivity index (χ3n) is 1.50. The number of hydrogen-bond donors (Lipinski definition) is 0. The van der Waals surface area contributed by atoms with Crippen molar-refractivity contribution in [3.63, 3.8) is 0 Å². The van der Waals surface area contributed by atoms with Gasteiger partial charge >= 0.3 is 103 Å². The molecule has 0 aromatic carbocycles. The van der Waals surface area contributed by atoms with E-state index in [1.165, 1.54) is 0 Å². The molecule has 0 radical (unpaired) electrons. The summed E-state index contributed by atoms with van der Waals surface area (Å²) in [4.78, 5) is 4.66. The number of hydrogen-bond acceptors (Lipinski definition) is 0. The van der Waals surface area contributed by atoms with Crippen molar-refractivity contribution in [3.8, 4) is 19.0 Å². The van der Waals surface area contributed by atoms with E-state index >= 15 is 0 Å². The Kier molecular flexibility index (Phi) is 5.24. The predicted octanol–water partition coefficient (Wildman–Crippen LogP) is 3.53. The Morgan fingerprint density at radius 1 is 0.667 bits per heavy atom. The fourth-order valence-corrected chi connectivity index (χ4v) is 14.0. The van der Waals surface area contributed by atoms with Gasteiger partial charge < -0.3 is 0 Å². The average molecular weight is 343 g/mol. The van der Waals surface area contributed by atoms with Crippen molar-refractivity contribution >= 4 is 34.5 Å². The van der Waals surface area contributed by atoms with Crippen molar-refractivity contribution in [1.29, 1.82) is 0 Å². The topological polar surface area (TPSA) is 0 Å². The van der Waals surface area contributed by atoms with Gasteiger partial charge in [-0.15, -0.1) is 0 Å². The molecule has 0 aliphatic carbocycles. The van der Waals surface area contributed by atoms with Crippen LogP contribution in [0.4, 0.5) is 0 Å². The third-order valence-corrected chi connectivity index (χ3v) is 8.96. The van der Waals surface area contributed by atoms with Crippen molar-refractivity contribution in [3.05, 3.63) is 0 Å². The SMILES string of the molecule is C[Si](C)(C)C#[C][Sn]([CH3])([CH3])[C]#C[Si](C)(C)C. The normalized spacial score (nSPS) is 12.3. The maximum absolute atomic E-state index is 3.54. The van der Waals surface area contributed by atoms with E-state index in [-0.39, 0.29) is 0 Å². The summed E-state index contributed by atoms with van der Waals surface area (Å²) in [6, 6.07) is 0. The van der Waals surface area contributed by atoms with Gasteiger partial charge in [0.15, 0.2) is 0 Å². The van der Waals surface area contributed by atoms with Crippen LogP contribution in [0.25, 0.3) is 0 Å². The van der Waals surface area contributed by atoms with Gasteiger partial charge in [0.2, 0.25) is 0 Å². The fourth-order valence-electron chi connectivity index (χ4n) is 0.719. The van der Waals surface area contributed by atoms with Crippen LogP contribution in [0, 0.1) is 19.0 Å². The van der Waals surface area contributed by atoms with Gasteiger partial charge in [-0.25, -0.2) is 0 Å². The Labute approximate surface area is 102 Å². The third kappa shape index (κ3) is 10.6. The quantitative estimate of drug-likeness (QED) is 0.466. The minimum absolute atomic E-state index is 1.21. The Balaban J connectivity index is 4.82. The molecule has 15 heavy (non-hydrogen) atoms. The van der Waals surface area contributed by atoms with Crippen LogP contribution < -0.4 is 0 Å². The summed E-state index contributed by atoms with van der Waals surface area (Å²) in [6.45, 7) is 13.8. The van der Waals surface area contributed by atoms with Crippen LogP contribution in [0.5, 0.6) is 0 Å². The molecule has 0 nitrogen and oxygen atoms in total. The van der Waals surface area contributed by atoms with E-state index in [1.54, 1.807) is 0 Å². The molecule has 0 aliphatic heterocycles. The van der Waals surface area contributed by atoms with Gasteiger partial charge in [-0.3, -0.25) is 0 Å². The summed E-state index contributed by atoms with van der Waals surface area (Å²) in [6.07, 6.45) is 0. The second kappa shape index (κ2) is 5.12. The molecule has 0 atom stereocenters. The van der Waals surface area contributed by atoms with E-state index in [4.69, 9.17) is 0 Å². The van der Waals surface area contributed by atoms with Crippen LogP contribution in [-0.2, 0) is 0 Å². The first kappa shape index (κ1) is 15.4. The molecule has 3 heteroatoms. The molecule has 0 heterocycles. The van der Waals surface area contributed by atoms with Crippen molar-refractivity contribution in [1.82, 2.24) is 0 Å². The molecule has 0 unspecified atom stereocenters. The Bertz CT molecular complexity index is 300. The van der Waals surface area contributed by atoms with Crippen molar-refractivity contribution in [2.45, 2.75) is 49.2 Å². The second-order valence-corrected chi connectivity index (χ2v) is 26.8. The van der Waals surface area contributed by atoms with E-state index in [0.29, 0.717) is 0 Å². The molecule has 0 aliphatic rings. The molecule has 0 rings (SSSR count). The maximum atomic E-state index is 3.54. The summed E-state index contributed by atoms with van der Waals surface area (Å²) in [5.41, 5.74) is 6.99. The fraction of sp³-hybridized carbons (Fsp3) is 0.667. The zero-order valence-corrected chi connectivity index (χ0v) is 16.4. The van der Waals surface area contributed by atoms with E-state index in [0.717, 1.165) is 0 Å². The molecule has 0 aromatic rings. The van der Waals surface area contributed by atoms with Crippen LogP contribution in [0.15, 0.2) is 0 Å². The van der Waals surface area contributed by atoms with Crippen molar-refractivity contribution in [2.75, 3.05) is 0 Å². The van der Waals surface area contributed by atoms with Gasteiger partial charge in [0, 0.05) is 0 Å². The summed E-state index contributed by atoms with van der Waals surface area (Å²) < 4.78 is 7.08. The molecule has 0 bridgehead atoms. The molecule has 0 saturated carbocycles. The first-order valence-electron chi connectivity index (χ1n) is 5.50. The molecular formula is C12H24Si2Sn. The van der Waals surface area contributed by atoms with Crippen LogP contribution in [0.2, 0.25) is 49.2 Å². The molecule has 0 saturated heterocycles. The van der Waals surface area contributed by atoms with E-state index in [2.05, 4.69) is 68.1 Å². The Morgan fingerprint density at radius 3 is 1.13 bits per heavy atom. The standard InChI is InChI=1S/2C5H9Si.2CH3.Sn/c2*1-5-6(2,3)4;;;/h2*2-4H3;2*1H3;.